The molecular formula is C23H22ClN3O3S. The minimum atomic E-state index is -0.748. The summed E-state index contributed by atoms with van der Waals surface area (Å²) in [5, 5.41) is 4.43. The maximum atomic E-state index is 13.0. The first-order valence-electron chi connectivity index (χ1n) is 9.85. The number of nitrogens with zero attached hydrogens (tertiary/aromatic N) is 2. The van der Waals surface area contributed by atoms with E-state index < -0.39 is 6.04 Å². The predicted molar refractivity (Wildman–Crippen MR) is 124 cm³/mol. The number of amides is 2. The van der Waals surface area contributed by atoms with Crippen molar-refractivity contribution in [2.24, 2.45) is 0 Å². The highest BCUT2D eigenvalue weighted by atomic mass is 35.5. The molecule has 0 fully saturated rings. The van der Waals surface area contributed by atoms with E-state index in [9.17, 15) is 9.59 Å². The number of aromatic nitrogens is 1. The molecule has 1 atom stereocenters. The molecule has 8 heteroatoms. The molecule has 31 heavy (non-hydrogen) atoms. The van der Waals surface area contributed by atoms with Gasteiger partial charge in [0.15, 0.2) is 6.61 Å². The van der Waals surface area contributed by atoms with Gasteiger partial charge in [0.25, 0.3) is 5.91 Å². The van der Waals surface area contributed by atoms with E-state index in [0.29, 0.717) is 22.1 Å². The van der Waals surface area contributed by atoms with Gasteiger partial charge in [0.05, 0.1) is 16.4 Å². The third kappa shape index (κ3) is 4.03. The zero-order chi connectivity index (χ0) is 22.3. The minimum absolute atomic E-state index is 0.116. The number of fused-ring (bicyclic) bond motifs is 1. The number of hydrogen-bond donors (Lipinski definition) is 1. The molecule has 1 aliphatic rings. The Morgan fingerprint density at radius 1 is 1.26 bits per heavy atom. The normalized spacial score (nSPS) is 14.1. The molecule has 6 nitrogen and oxygen atoms in total. The molecule has 0 spiro atoms. The number of nitrogens with one attached hydrogen (secondary N) is 1. The zero-order valence-corrected chi connectivity index (χ0v) is 19.2. The Bertz CT molecular complexity index is 1190. The third-order valence-corrected chi connectivity index (χ3v) is 6.60. The molecule has 0 saturated carbocycles. The van der Waals surface area contributed by atoms with Gasteiger partial charge in [-0.15, -0.1) is 11.3 Å². The molecule has 0 radical (unpaired) electrons. The standard InChI is InChI=1S/C23H22ClN3O3S/c1-12-17(24)6-5-7-18(12)26-23(29)13(2)27-19-10-16(22-14(3)31-15(4)25-22)8-9-20(19)30-11-21(27)28/h5-10,13H,11H2,1-4H3,(H,26,29). The second-order valence-electron chi connectivity index (χ2n) is 7.45. The Hall–Kier alpha value is -2.90. The quantitative estimate of drug-likeness (QED) is 0.591. The number of carbonyl (C=O) groups excluding carboxylic acids is 2. The average Bonchev–Trinajstić information content (AvgIpc) is 3.08. The van der Waals surface area contributed by atoms with Crippen LogP contribution in [0.25, 0.3) is 11.3 Å². The summed E-state index contributed by atoms with van der Waals surface area (Å²) in [6.45, 7) is 7.40. The first kappa shape index (κ1) is 21.3. The van der Waals surface area contributed by atoms with Crippen LogP contribution in [0.15, 0.2) is 36.4 Å². The summed E-state index contributed by atoms with van der Waals surface area (Å²) in [7, 11) is 0. The van der Waals surface area contributed by atoms with Gasteiger partial charge in [-0.1, -0.05) is 17.7 Å². The molecule has 3 aromatic rings. The third-order valence-electron chi connectivity index (χ3n) is 5.31. The predicted octanol–water partition coefficient (Wildman–Crippen LogP) is 5.14. The van der Waals surface area contributed by atoms with Gasteiger partial charge < -0.3 is 10.1 Å². The number of carbonyl (C=O) groups is 2. The Morgan fingerprint density at radius 2 is 2.03 bits per heavy atom. The average molecular weight is 456 g/mol. The maximum absolute atomic E-state index is 13.0. The molecule has 1 unspecified atom stereocenters. The first-order chi connectivity index (χ1) is 14.8. The number of ether oxygens (including phenoxy) is 1. The van der Waals surface area contributed by atoms with Crippen LogP contribution in [-0.2, 0) is 9.59 Å². The fourth-order valence-corrected chi connectivity index (χ4v) is 4.65. The van der Waals surface area contributed by atoms with Crippen molar-refractivity contribution in [3.63, 3.8) is 0 Å². The summed E-state index contributed by atoms with van der Waals surface area (Å²) in [6.07, 6.45) is 0. The summed E-state index contributed by atoms with van der Waals surface area (Å²) in [5.41, 5.74) is 3.70. The topological polar surface area (TPSA) is 71.5 Å². The first-order valence-corrected chi connectivity index (χ1v) is 11.0. The van der Waals surface area contributed by atoms with Gasteiger partial charge in [-0.05, 0) is 63.6 Å². The van der Waals surface area contributed by atoms with Crippen molar-refractivity contribution in [1.82, 2.24) is 4.98 Å². The van der Waals surface area contributed by atoms with Crippen LogP contribution in [0.2, 0.25) is 5.02 Å². The number of halogens is 1. The van der Waals surface area contributed by atoms with E-state index in [1.165, 1.54) is 4.90 Å². The van der Waals surface area contributed by atoms with Crippen LogP contribution in [0.1, 0.15) is 22.4 Å². The molecule has 1 aliphatic heterocycles. The van der Waals surface area contributed by atoms with Gasteiger partial charge in [-0.3, -0.25) is 14.5 Å². The van der Waals surface area contributed by atoms with Crippen molar-refractivity contribution < 1.29 is 14.3 Å². The van der Waals surface area contributed by atoms with Crippen molar-refractivity contribution in [3.8, 4) is 17.0 Å². The van der Waals surface area contributed by atoms with E-state index in [4.69, 9.17) is 16.3 Å². The molecule has 0 saturated heterocycles. The Morgan fingerprint density at radius 3 is 2.74 bits per heavy atom. The number of hydrogen-bond acceptors (Lipinski definition) is 5. The molecule has 160 valence electrons. The number of aryl methyl sites for hydroxylation is 2. The molecule has 1 aromatic heterocycles. The SMILES string of the molecule is Cc1nc(-c2ccc3c(c2)N(C(C)C(=O)Nc2cccc(Cl)c2C)C(=O)CO3)c(C)s1. The van der Waals surface area contributed by atoms with E-state index in [-0.39, 0.29) is 18.4 Å². The van der Waals surface area contributed by atoms with Gasteiger partial charge in [0.2, 0.25) is 5.91 Å². The summed E-state index contributed by atoms with van der Waals surface area (Å²) >= 11 is 7.79. The molecule has 2 aromatic carbocycles. The zero-order valence-electron chi connectivity index (χ0n) is 17.7. The van der Waals surface area contributed by atoms with Crippen molar-refractivity contribution >= 4 is 46.1 Å². The molecule has 4 rings (SSSR count). The number of rotatable bonds is 4. The van der Waals surface area contributed by atoms with Crippen molar-refractivity contribution in [3.05, 3.63) is 56.9 Å². The molecule has 2 amide bonds. The summed E-state index contributed by atoms with van der Waals surface area (Å²) < 4.78 is 5.62. The Labute approximate surface area is 189 Å². The van der Waals surface area contributed by atoms with Crippen molar-refractivity contribution in [1.29, 1.82) is 0 Å². The lowest BCUT2D eigenvalue weighted by molar-refractivity contribution is -0.125. The van der Waals surface area contributed by atoms with Gasteiger partial charge in [-0.25, -0.2) is 4.98 Å². The minimum Gasteiger partial charge on any atom is -0.482 e. The fraction of sp³-hybridized carbons (Fsp3) is 0.261. The molecular weight excluding hydrogens is 434 g/mol. The van der Waals surface area contributed by atoms with E-state index in [1.54, 1.807) is 36.5 Å². The van der Waals surface area contributed by atoms with E-state index >= 15 is 0 Å². The second kappa shape index (κ2) is 8.32. The molecule has 0 bridgehead atoms. The van der Waals surface area contributed by atoms with Crippen molar-refractivity contribution in [2.75, 3.05) is 16.8 Å². The van der Waals surface area contributed by atoms with Crippen LogP contribution in [-0.4, -0.2) is 29.4 Å². The largest absolute Gasteiger partial charge is 0.482 e. The van der Waals surface area contributed by atoms with Crippen LogP contribution < -0.4 is 15.0 Å². The number of benzene rings is 2. The maximum Gasteiger partial charge on any atom is 0.265 e. The van der Waals surface area contributed by atoms with Crippen LogP contribution in [0, 0.1) is 20.8 Å². The van der Waals surface area contributed by atoms with Gasteiger partial charge in [-0.2, -0.15) is 0 Å². The van der Waals surface area contributed by atoms with Gasteiger partial charge in [0, 0.05) is 21.2 Å². The monoisotopic (exact) mass is 455 g/mol. The van der Waals surface area contributed by atoms with Gasteiger partial charge >= 0.3 is 0 Å². The lowest BCUT2D eigenvalue weighted by Crippen LogP contribution is -2.49. The Balaban J connectivity index is 1.68. The molecule has 0 aliphatic carbocycles. The van der Waals surface area contributed by atoms with Crippen molar-refractivity contribution in [2.45, 2.75) is 33.7 Å². The van der Waals surface area contributed by atoms with Crippen LogP contribution in [0.5, 0.6) is 5.75 Å². The highest BCUT2D eigenvalue weighted by Gasteiger charge is 2.33. The molecule has 2 heterocycles. The van der Waals surface area contributed by atoms with Crippen LogP contribution >= 0.6 is 22.9 Å². The highest BCUT2D eigenvalue weighted by molar-refractivity contribution is 7.11. The number of anilines is 2. The Kier molecular flexibility index (Phi) is 5.73. The lowest BCUT2D eigenvalue weighted by atomic mass is 10.1. The van der Waals surface area contributed by atoms with Crippen LogP contribution in [0.4, 0.5) is 11.4 Å². The van der Waals surface area contributed by atoms with E-state index in [0.717, 1.165) is 26.7 Å². The van der Waals surface area contributed by atoms with E-state index in [2.05, 4.69) is 10.3 Å². The lowest BCUT2D eigenvalue weighted by Gasteiger charge is -2.33. The highest BCUT2D eigenvalue weighted by Crippen LogP contribution is 2.38. The summed E-state index contributed by atoms with van der Waals surface area (Å²) in [5.74, 6) is -0.0227. The second-order valence-corrected chi connectivity index (χ2v) is 9.26. The van der Waals surface area contributed by atoms with Gasteiger partial charge in [0.1, 0.15) is 11.8 Å². The summed E-state index contributed by atoms with van der Waals surface area (Å²) in [4.78, 5) is 33.0. The number of thiazole rings is 1. The summed E-state index contributed by atoms with van der Waals surface area (Å²) in [6, 6.07) is 10.2. The van der Waals surface area contributed by atoms with Crippen LogP contribution in [0.3, 0.4) is 0 Å². The molecule has 1 N–H and O–H groups in total. The fourth-order valence-electron chi connectivity index (χ4n) is 3.64. The van der Waals surface area contributed by atoms with E-state index in [1.807, 2.05) is 39.0 Å². The smallest absolute Gasteiger partial charge is 0.265 e.